The number of benzene rings is 2. The number of rotatable bonds is 4. The fourth-order valence-electron chi connectivity index (χ4n) is 1.52. The van der Waals surface area contributed by atoms with Crippen molar-refractivity contribution < 1.29 is 14.3 Å². The van der Waals surface area contributed by atoms with Crippen LogP contribution in [0.2, 0.25) is 5.02 Å². The van der Waals surface area contributed by atoms with Crippen LogP contribution in [-0.2, 0) is 4.79 Å². The zero-order valence-electron chi connectivity index (χ0n) is 10.7. The second kappa shape index (κ2) is 6.95. The third-order valence-electron chi connectivity index (χ3n) is 2.48. The standard InChI is InChI=1S/C15H12ClIO3/c1-10-2-7-14(13(16)8-10)19-9-15(18)20-12-5-3-11(17)4-6-12/h2-8H,9H2,1H3. The van der Waals surface area contributed by atoms with Gasteiger partial charge in [0.1, 0.15) is 11.5 Å². The maximum atomic E-state index is 11.7. The number of esters is 1. The molecule has 0 bridgehead atoms. The summed E-state index contributed by atoms with van der Waals surface area (Å²) in [5.74, 6) is 0.494. The van der Waals surface area contributed by atoms with Gasteiger partial charge in [-0.1, -0.05) is 17.7 Å². The van der Waals surface area contributed by atoms with Crippen LogP contribution in [0.15, 0.2) is 42.5 Å². The van der Waals surface area contributed by atoms with Crippen molar-refractivity contribution in [3.05, 3.63) is 56.6 Å². The quantitative estimate of drug-likeness (QED) is 0.436. The number of hydrogen-bond acceptors (Lipinski definition) is 3. The molecule has 0 radical (unpaired) electrons. The number of hydrogen-bond donors (Lipinski definition) is 0. The third kappa shape index (κ3) is 4.38. The first-order valence-electron chi connectivity index (χ1n) is 5.90. The van der Waals surface area contributed by atoms with Crippen molar-refractivity contribution in [3.63, 3.8) is 0 Å². The van der Waals surface area contributed by atoms with Gasteiger partial charge in [0.25, 0.3) is 0 Å². The molecule has 20 heavy (non-hydrogen) atoms. The Labute approximate surface area is 136 Å². The topological polar surface area (TPSA) is 35.5 Å². The second-order valence-corrected chi connectivity index (χ2v) is 5.80. The highest BCUT2D eigenvalue weighted by Crippen LogP contribution is 2.25. The summed E-state index contributed by atoms with van der Waals surface area (Å²) in [5.41, 5.74) is 1.03. The Morgan fingerprint density at radius 1 is 1.20 bits per heavy atom. The monoisotopic (exact) mass is 402 g/mol. The minimum Gasteiger partial charge on any atom is -0.480 e. The van der Waals surface area contributed by atoms with Gasteiger partial charge in [0.2, 0.25) is 0 Å². The van der Waals surface area contributed by atoms with E-state index in [0.717, 1.165) is 9.13 Å². The van der Waals surface area contributed by atoms with E-state index in [1.54, 1.807) is 24.3 Å². The highest BCUT2D eigenvalue weighted by Gasteiger charge is 2.08. The van der Waals surface area contributed by atoms with E-state index in [9.17, 15) is 4.79 Å². The van der Waals surface area contributed by atoms with Gasteiger partial charge in [0.15, 0.2) is 6.61 Å². The molecular formula is C15H12ClIO3. The average molecular weight is 403 g/mol. The molecule has 5 heteroatoms. The van der Waals surface area contributed by atoms with Gasteiger partial charge in [-0.2, -0.15) is 0 Å². The van der Waals surface area contributed by atoms with Gasteiger partial charge < -0.3 is 9.47 Å². The summed E-state index contributed by atoms with van der Waals surface area (Å²) in [5, 5.41) is 0.479. The minimum atomic E-state index is -0.470. The molecule has 0 atom stereocenters. The molecule has 0 aromatic heterocycles. The Hall–Kier alpha value is -1.27. The molecule has 0 unspecified atom stereocenters. The molecular weight excluding hydrogens is 391 g/mol. The molecule has 104 valence electrons. The highest BCUT2D eigenvalue weighted by atomic mass is 127. The van der Waals surface area contributed by atoms with Crippen molar-refractivity contribution in [2.75, 3.05) is 6.61 Å². The lowest BCUT2D eigenvalue weighted by atomic mass is 10.2. The zero-order valence-corrected chi connectivity index (χ0v) is 13.6. The third-order valence-corrected chi connectivity index (χ3v) is 3.49. The van der Waals surface area contributed by atoms with E-state index in [4.69, 9.17) is 21.1 Å². The maximum Gasteiger partial charge on any atom is 0.349 e. The Bertz CT molecular complexity index is 611. The average Bonchev–Trinajstić information content (AvgIpc) is 2.40. The fraction of sp³-hybridized carbons (Fsp3) is 0.133. The number of carbonyl (C=O) groups excluding carboxylic acids is 1. The van der Waals surface area contributed by atoms with Crippen LogP contribution in [0.4, 0.5) is 0 Å². The van der Waals surface area contributed by atoms with E-state index in [1.165, 1.54) is 0 Å². The van der Waals surface area contributed by atoms with Crippen LogP contribution in [0, 0.1) is 10.5 Å². The summed E-state index contributed by atoms with van der Waals surface area (Å²) in [4.78, 5) is 11.7. The molecule has 3 nitrogen and oxygen atoms in total. The molecule has 0 amide bonds. The number of carbonyl (C=O) groups is 1. The van der Waals surface area contributed by atoms with Crippen molar-refractivity contribution in [2.24, 2.45) is 0 Å². The van der Waals surface area contributed by atoms with E-state index in [0.29, 0.717) is 16.5 Å². The molecule has 0 N–H and O–H groups in total. The van der Waals surface area contributed by atoms with Crippen LogP contribution in [0.3, 0.4) is 0 Å². The van der Waals surface area contributed by atoms with Gasteiger partial charge in [-0.3, -0.25) is 0 Å². The van der Waals surface area contributed by atoms with Crippen molar-refractivity contribution in [2.45, 2.75) is 6.92 Å². The van der Waals surface area contributed by atoms with Crippen LogP contribution in [0.1, 0.15) is 5.56 Å². The van der Waals surface area contributed by atoms with Gasteiger partial charge in [-0.05, 0) is 71.5 Å². The van der Waals surface area contributed by atoms with E-state index in [2.05, 4.69) is 22.6 Å². The van der Waals surface area contributed by atoms with E-state index >= 15 is 0 Å². The van der Waals surface area contributed by atoms with Crippen LogP contribution >= 0.6 is 34.2 Å². The smallest absolute Gasteiger partial charge is 0.349 e. The maximum absolute atomic E-state index is 11.7. The summed E-state index contributed by atoms with van der Waals surface area (Å²) in [6, 6.07) is 12.6. The van der Waals surface area contributed by atoms with Gasteiger partial charge in [0.05, 0.1) is 5.02 Å². The highest BCUT2D eigenvalue weighted by molar-refractivity contribution is 14.1. The van der Waals surface area contributed by atoms with Crippen LogP contribution in [0.5, 0.6) is 11.5 Å². The summed E-state index contributed by atoms with van der Waals surface area (Å²) in [6.45, 7) is 1.75. The van der Waals surface area contributed by atoms with Crippen LogP contribution in [0.25, 0.3) is 0 Å². The Morgan fingerprint density at radius 2 is 1.90 bits per heavy atom. The Balaban J connectivity index is 1.90. The van der Waals surface area contributed by atoms with E-state index < -0.39 is 5.97 Å². The van der Waals surface area contributed by atoms with Crippen molar-refractivity contribution in [3.8, 4) is 11.5 Å². The van der Waals surface area contributed by atoms with Crippen LogP contribution in [-0.4, -0.2) is 12.6 Å². The number of ether oxygens (including phenoxy) is 2. The lowest BCUT2D eigenvalue weighted by Crippen LogP contribution is -2.17. The summed E-state index contributed by atoms with van der Waals surface area (Å²) in [6.07, 6.45) is 0. The Kier molecular flexibility index (Phi) is 5.25. The summed E-state index contributed by atoms with van der Waals surface area (Å²) < 4.78 is 11.6. The first kappa shape index (κ1) is 15.1. The predicted octanol–water partition coefficient (Wildman–Crippen LogP) is 4.24. The molecule has 0 saturated carbocycles. The lowest BCUT2D eigenvalue weighted by molar-refractivity contribution is -0.136. The molecule has 0 heterocycles. The molecule has 0 aliphatic carbocycles. The van der Waals surface area contributed by atoms with Crippen molar-refractivity contribution in [1.82, 2.24) is 0 Å². The van der Waals surface area contributed by atoms with Crippen molar-refractivity contribution in [1.29, 1.82) is 0 Å². The molecule has 2 rings (SSSR count). The molecule has 0 aliphatic heterocycles. The first-order chi connectivity index (χ1) is 9.54. The molecule has 2 aromatic carbocycles. The SMILES string of the molecule is Cc1ccc(OCC(=O)Oc2ccc(I)cc2)c(Cl)c1. The molecule has 0 spiro atoms. The van der Waals surface area contributed by atoms with E-state index in [1.807, 2.05) is 25.1 Å². The lowest BCUT2D eigenvalue weighted by Gasteiger charge is -2.08. The number of aryl methyl sites for hydroxylation is 1. The van der Waals surface area contributed by atoms with E-state index in [-0.39, 0.29) is 6.61 Å². The zero-order chi connectivity index (χ0) is 14.5. The summed E-state index contributed by atoms with van der Waals surface area (Å²) >= 11 is 8.19. The second-order valence-electron chi connectivity index (χ2n) is 4.15. The Morgan fingerprint density at radius 3 is 2.55 bits per heavy atom. The van der Waals surface area contributed by atoms with Gasteiger partial charge in [-0.25, -0.2) is 4.79 Å². The van der Waals surface area contributed by atoms with Gasteiger partial charge in [-0.15, -0.1) is 0 Å². The van der Waals surface area contributed by atoms with Gasteiger partial charge >= 0.3 is 5.97 Å². The molecule has 0 fully saturated rings. The largest absolute Gasteiger partial charge is 0.480 e. The van der Waals surface area contributed by atoms with Crippen molar-refractivity contribution >= 4 is 40.2 Å². The molecule has 2 aromatic rings. The van der Waals surface area contributed by atoms with Gasteiger partial charge in [0, 0.05) is 3.57 Å². The first-order valence-corrected chi connectivity index (χ1v) is 7.35. The minimum absolute atomic E-state index is 0.186. The summed E-state index contributed by atoms with van der Waals surface area (Å²) in [7, 11) is 0. The predicted molar refractivity (Wildman–Crippen MR) is 86.5 cm³/mol. The molecule has 0 aliphatic rings. The normalized spacial score (nSPS) is 10.2. The fourth-order valence-corrected chi connectivity index (χ4v) is 2.17. The van der Waals surface area contributed by atoms with Crippen LogP contribution < -0.4 is 9.47 Å². The number of halogens is 2. The molecule has 0 saturated heterocycles.